The van der Waals surface area contributed by atoms with Crippen molar-refractivity contribution in [3.05, 3.63) is 66.4 Å². The molecular formula is C16H15FN4. The first-order chi connectivity index (χ1) is 10.3. The zero-order valence-electron chi connectivity index (χ0n) is 11.6. The van der Waals surface area contributed by atoms with E-state index in [1.165, 1.54) is 12.3 Å². The Labute approximate surface area is 122 Å². The molecule has 0 saturated heterocycles. The molecule has 2 heterocycles. The molecule has 0 fully saturated rings. The van der Waals surface area contributed by atoms with E-state index in [9.17, 15) is 4.39 Å². The lowest BCUT2D eigenvalue weighted by molar-refractivity contribution is 0.613. The second-order valence-electron chi connectivity index (χ2n) is 4.71. The van der Waals surface area contributed by atoms with E-state index in [0.29, 0.717) is 12.4 Å². The highest BCUT2D eigenvalue weighted by Crippen LogP contribution is 2.20. The van der Waals surface area contributed by atoms with Crippen LogP contribution in [0.4, 0.5) is 4.39 Å². The standard InChI is InChI=1S/C16H15FN4/c1-18-8-13-7-15(17)10-19-16(13)21-11-14(9-20-21)12-5-3-2-4-6-12/h2-7,9-11,18H,8H2,1H3. The maximum atomic E-state index is 13.3. The van der Waals surface area contributed by atoms with Gasteiger partial charge in [-0.3, -0.25) is 0 Å². The summed E-state index contributed by atoms with van der Waals surface area (Å²) in [6.07, 6.45) is 4.89. The molecule has 106 valence electrons. The fourth-order valence-corrected chi connectivity index (χ4v) is 2.22. The SMILES string of the molecule is CNCc1cc(F)cnc1-n1cc(-c2ccccc2)cn1. The predicted molar refractivity (Wildman–Crippen MR) is 79.5 cm³/mol. The van der Waals surface area contributed by atoms with Gasteiger partial charge in [0.2, 0.25) is 0 Å². The van der Waals surface area contributed by atoms with Crippen molar-refractivity contribution in [2.24, 2.45) is 0 Å². The number of benzene rings is 1. The molecule has 1 aromatic carbocycles. The van der Waals surface area contributed by atoms with Gasteiger partial charge in [-0.05, 0) is 18.7 Å². The van der Waals surface area contributed by atoms with Crippen LogP contribution in [0.15, 0.2) is 55.0 Å². The average Bonchev–Trinajstić information content (AvgIpc) is 2.98. The molecule has 0 aliphatic heterocycles. The van der Waals surface area contributed by atoms with Crippen LogP contribution >= 0.6 is 0 Å². The molecule has 0 spiro atoms. The Morgan fingerprint density at radius 1 is 1.14 bits per heavy atom. The van der Waals surface area contributed by atoms with Crippen LogP contribution in [-0.4, -0.2) is 21.8 Å². The van der Waals surface area contributed by atoms with Crippen LogP contribution < -0.4 is 5.32 Å². The lowest BCUT2D eigenvalue weighted by Gasteiger charge is -2.07. The smallest absolute Gasteiger partial charge is 0.157 e. The van der Waals surface area contributed by atoms with Crippen LogP contribution in [0.2, 0.25) is 0 Å². The van der Waals surface area contributed by atoms with Gasteiger partial charge in [0.1, 0.15) is 5.82 Å². The third-order valence-electron chi connectivity index (χ3n) is 3.18. The van der Waals surface area contributed by atoms with Gasteiger partial charge in [0, 0.05) is 23.9 Å². The quantitative estimate of drug-likeness (QED) is 0.800. The molecule has 0 bridgehead atoms. The molecule has 2 aromatic heterocycles. The van der Waals surface area contributed by atoms with Crippen LogP contribution in [-0.2, 0) is 6.54 Å². The first-order valence-corrected chi connectivity index (χ1v) is 6.67. The molecule has 0 aliphatic carbocycles. The van der Waals surface area contributed by atoms with Crippen molar-refractivity contribution in [3.8, 4) is 16.9 Å². The van der Waals surface area contributed by atoms with E-state index in [4.69, 9.17) is 0 Å². The molecule has 5 heteroatoms. The van der Waals surface area contributed by atoms with Crippen molar-refractivity contribution in [1.82, 2.24) is 20.1 Å². The van der Waals surface area contributed by atoms with Gasteiger partial charge in [-0.15, -0.1) is 0 Å². The highest BCUT2D eigenvalue weighted by molar-refractivity contribution is 5.61. The summed E-state index contributed by atoms with van der Waals surface area (Å²) >= 11 is 0. The van der Waals surface area contributed by atoms with Gasteiger partial charge in [-0.25, -0.2) is 14.1 Å². The predicted octanol–water partition coefficient (Wildman–Crippen LogP) is 2.79. The lowest BCUT2D eigenvalue weighted by atomic mass is 10.1. The Hall–Kier alpha value is -2.53. The monoisotopic (exact) mass is 282 g/mol. The second kappa shape index (κ2) is 5.85. The van der Waals surface area contributed by atoms with E-state index < -0.39 is 0 Å². The summed E-state index contributed by atoms with van der Waals surface area (Å²) in [5, 5.41) is 7.35. The summed E-state index contributed by atoms with van der Waals surface area (Å²) in [4.78, 5) is 4.16. The minimum absolute atomic E-state index is 0.348. The number of halogens is 1. The molecule has 0 atom stereocenters. The average molecular weight is 282 g/mol. The zero-order valence-corrected chi connectivity index (χ0v) is 11.6. The summed E-state index contributed by atoms with van der Waals surface area (Å²) in [6.45, 7) is 0.528. The van der Waals surface area contributed by atoms with Crippen molar-refractivity contribution >= 4 is 0 Å². The van der Waals surface area contributed by atoms with E-state index in [-0.39, 0.29) is 5.82 Å². The zero-order chi connectivity index (χ0) is 14.7. The fourth-order valence-electron chi connectivity index (χ4n) is 2.22. The maximum absolute atomic E-state index is 13.3. The Balaban J connectivity index is 2.00. The van der Waals surface area contributed by atoms with E-state index >= 15 is 0 Å². The Bertz CT molecular complexity index is 737. The Morgan fingerprint density at radius 2 is 1.95 bits per heavy atom. The summed E-state index contributed by atoms with van der Waals surface area (Å²) < 4.78 is 15.0. The summed E-state index contributed by atoms with van der Waals surface area (Å²) in [5.41, 5.74) is 2.85. The molecule has 0 aliphatic rings. The minimum Gasteiger partial charge on any atom is -0.316 e. The second-order valence-corrected chi connectivity index (χ2v) is 4.71. The molecule has 21 heavy (non-hydrogen) atoms. The minimum atomic E-state index is -0.348. The van der Waals surface area contributed by atoms with E-state index in [1.54, 1.807) is 10.9 Å². The highest BCUT2D eigenvalue weighted by Gasteiger charge is 2.10. The largest absolute Gasteiger partial charge is 0.316 e. The molecule has 1 N–H and O–H groups in total. The van der Waals surface area contributed by atoms with Gasteiger partial charge >= 0.3 is 0 Å². The highest BCUT2D eigenvalue weighted by atomic mass is 19.1. The van der Waals surface area contributed by atoms with Gasteiger partial charge in [-0.2, -0.15) is 5.10 Å². The number of nitrogens with zero attached hydrogens (tertiary/aromatic N) is 3. The third kappa shape index (κ3) is 2.83. The molecule has 4 nitrogen and oxygen atoms in total. The van der Waals surface area contributed by atoms with Crippen LogP contribution in [0.5, 0.6) is 0 Å². The van der Waals surface area contributed by atoms with E-state index in [0.717, 1.165) is 16.7 Å². The third-order valence-corrected chi connectivity index (χ3v) is 3.18. The molecule has 0 amide bonds. The number of rotatable bonds is 4. The van der Waals surface area contributed by atoms with Gasteiger partial charge < -0.3 is 5.32 Å². The first kappa shape index (κ1) is 13.5. The van der Waals surface area contributed by atoms with Crippen LogP contribution in [0.3, 0.4) is 0 Å². The Morgan fingerprint density at radius 3 is 2.71 bits per heavy atom. The van der Waals surface area contributed by atoms with E-state index in [2.05, 4.69) is 15.4 Å². The number of pyridine rings is 1. The molecule has 0 radical (unpaired) electrons. The summed E-state index contributed by atoms with van der Waals surface area (Å²) in [5.74, 6) is 0.285. The maximum Gasteiger partial charge on any atom is 0.157 e. The molecule has 3 aromatic rings. The van der Waals surface area contributed by atoms with Gasteiger partial charge in [0.05, 0.1) is 12.4 Å². The van der Waals surface area contributed by atoms with Crippen LogP contribution in [0.25, 0.3) is 16.9 Å². The number of nitrogens with one attached hydrogen (secondary N) is 1. The Kier molecular flexibility index (Phi) is 3.75. The summed E-state index contributed by atoms with van der Waals surface area (Å²) in [6, 6.07) is 11.5. The first-order valence-electron chi connectivity index (χ1n) is 6.67. The van der Waals surface area contributed by atoms with Gasteiger partial charge in [-0.1, -0.05) is 30.3 Å². The number of hydrogen-bond donors (Lipinski definition) is 1. The number of hydrogen-bond acceptors (Lipinski definition) is 3. The van der Waals surface area contributed by atoms with Crippen molar-refractivity contribution in [2.45, 2.75) is 6.54 Å². The normalized spacial score (nSPS) is 10.8. The molecule has 0 unspecified atom stereocenters. The van der Waals surface area contributed by atoms with Gasteiger partial charge in [0.25, 0.3) is 0 Å². The van der Waals surface area contributed by atoms with Crippen LogP contribution in [0, 0.1) is 5.82 Å². The van der Waals surface area contributed by atoms with Crippen molar-refractivity contribution in [3.63, 3.8) is 0 Å². The van der Waals surface area contributed by atoms with Crippen LogP contribution in [0.1, 0.15) is 5.56 Å². The van der Waals surface area contributed by atoms with Crippen molar-refractivity contribution in [2.75, 3.05) is 7.05 Å². The lowest BCUT2D eigenvalue weighted by Crippen LogP contribution is -2.11. The molecular weight excluding hydrogens is 267 g/mol. The van der Waals surface area contributed by atoms with E-state index in [1.807, 2.05) is 43.6 Å². The molecule has 0 saturated carbocycles. The van der Waals surface area contributed by atoms with Crippen molar-refractivity contribution in [1.29, 1.82) is 0 Å². The fraction of sp³-hybridized carbons (Fsp3) is 0.125. The number of aromatic nitrogens is 3. The topological polar surface area (TPSA) is 42.7 Å². The van der Waals surface area contributed by atoms with Crippen molar-refractivity contribution < 1.29 is 4.39 Å². The summed E-state index contributed by atoms with van der Waals surface area (Å²) in [7, 11) is 1.81. The molecule has 3 rings (SSSR count). The van der Waals surface area contributed by atoms with Gasteiger partial charge in [0.15, 0.2) is 5.82 Å².